The van der Waals surface area contributed by atoms with Gasteiger partial charge in [0.1, 0.15) is 17.3 Å². The van der Waals surface area contributed by atoms with Gasteiger partial charge in [0.25, 0.3) is 0 Å². The Bertz CT molecular complexity index is 757. The van der Waals surface area contributed by atoms with Crippen molar-refractivity contribution in [3.8, 4) is 11.5 Å². The van der Waals surface area contributed by atoms with E-state index in [2.05, 4.69) is 13.2 Å². The average Bonchev–Trinajstić information content (AvgIpc) is 2.55. The van der Waals surface area contributed by atoms with Gasteiger partial charge in [0.15, 0.2) is 0 Å². The summed E-state index contributed by atoms with van der Waals surface area (Å²) in [5, 5.41) is 0. The van der Waals surface area contributed by atoms with Gasteiger partial charge < -0.3 is 13.6 Å². The van der Waals surface area contributed by atoms with Crippen LogP contribution in [0.4, 0.5) is 0 Å². The Morgan fingerprint density at radius 3 is 1.56 bits per heavy atom. The Balaban J connectivity index is 2.46. The number of rotatable bonds is 7. The number of phosphoric acid groups is 1. The van der Waals surface area contributed by atoms with Crippen molar-refractivity contribution >= 4 is 7.82 Å². The lowest BCUT2D eigenvalue weighted by molar-refractivity contribution is 0.261. The molecule has 0 unspecified atom stereocenters. The molecule has 2 aromatic carbocycles. The molecular weight excluding hydrogens is 335 g/mol. The predicted octanol–water partition coefficient (Wildman–Crippen LogP) is 6.20. The third-order valence-electron chi connectivity index (χ3n) is 3.68. The second-order valence-electron chi connectivity index (χ2n) is 5.83. The summed E-state index contributed by atoms with van der Waals surface area (Å²) < 4.78 is 30.3. The zero-order valence-corrected chi connectivity index (χ0v) is 15.9. The minimum absolute atomic E-state index is 0.112. The van der Waals surface area contributed by atoms with Crippen molar-refractivity contribution in [1.82, 2.24) is 0 Å². The maximum absolute atomic E-state index is 13.4. The monoisotopic (exact) mass is 358 g/mol. The van der Waals surface area contributed by atoms with Gasteiger partial charge in [0.05, 0.1) is 0 Å². The van der Waals surface area contributed by atoms with E-state index in [9.17, 15) is 4.57 Å². The molecule has 0 N–H and O–H groups in total. The fraction of sp³-hybridized carbons (Fsp3) is 0.200. The lowest BCUT2D eigenvalue weighted by Gasteiger charge is -2.22. The molecule has 0 aliphatic rings. The molecule has 0 amide bonds. The normalized spacial score (nSPS) is 10.9. The summed E-state index contributed by atoms with van der Waals surface area (Å²) in [5.74, 6) is 1.05. The summed E-state index contributed by atoms with van der Waals surface area (Å²) in [5.41, 5.74) is 3.33. The summed E-state index contributed by atoms with van der Waals surface area (Å²) in [6, 6.07) is 11.3. The van der Waals surface area contributed by atoms with Crippen molar-refractivity contribution in [3.05, 3.63) is 83.6 Å². The zero-order chi connectivity index (χ0) is 18.6. The highest BCUT2D eigenvalue weighted by molar-refractivity contribution is 7.49. The molecule has 25 heavy (non-hydrogen) atoms. The van der Waals surface area contributed by atoms with Crippen LogP contribution < -0.4 is 9.05 Å². The van der Waals surface area contributed by atoms with E-state index in [1.807, 2.05) is 64.1 Å². The van der Waals surface area contributed by atoms with E-state index in [0.717, 1.165) is 22.3 Å². The van der Waals surface area contributed by atoms with Crippen molar-refractivity contribution in [2.24, 2.45) is 0 Å². The first kappa shape index (κ1) is 18.9. The number of aryl methyl sites for hydroxylation is 4. The first-order chi connectivity index (χ1) is 11.8. The average molecular weight is 358 g/mol. The van der Waals surface area contributed by atoms with Crippen LogP contribution in [0, 0.1) is 27.7 Å². The highest BCUT2D eigenvalue weighted by Crippen LogP contribution is 2.53. The molecule has 0 saturated carbocycles. The molecule has 0 aliphatic heterocycles. The van der Waals surface area contributed by atoms with Gasteiger partial charge in [-0.05, 0) is 56.0 Å². The van der Waals surface area contributed by atoms with Crippen LogP contribution in [0.1, 0.15) is 22.3 Å². The van der Waals surface area contributed by atoms with Crippen LogP contribution in [0.3, 0.4) is 0 Å². The van der Waals surface area contributed by atoms with Crippen molar-refractivity contribution in [3.63, 3.8) is 0 Å². The van der Waals surface area contributed by atoms with E-state index in [1.54, 1.807) is 0 Å². The number of hydrogen-bond acceptors (Lipinski definition) is 4. The Morgan fingerprint density at radius 1 is 0.880 bits per heavy atom. The molecule has 0 aromatic heterocycles. The summed E-state index contributed by atoms with van der Waals surface area (Å²) in [4.78, 5) is 0. The Hall–Kier alpha value is -2.45. The smallest absolute Gasteiger partial charge is 0.387 e. The highest BCUT2D eigenvalue weighted by Gasteiger charge is 2.35. The number of para-hydroxylation sites is 2. The minimum Gasteiger partial charge on any atom is -0.387 e. The van der Waals surface area contributed by atoms with Crippen LogP contribution in [0.5, 0.6) is 11.5 Å². The molecule has 4 nitrogen and oxygen atoms in total. The summed E-state index contributed by atoms with van der Waals surface area (Å²) in [6.45, 7) is 14.7. The van der Waals surface area contributed by atoms with Crippen LogP contribution in [0.25, 0.3) is 0 Å². The molecule has 0 aliphatic carbocycles. The second kappa shape index (κ2) is 7.62. The molecule has 0 atom stereocenters. The van der Waals surface area contributed by atoms with Crippen molar-refractivity contribution in [1.29, 1.82) is 0 Å². The van der Waals surface area contributed by atoms with Crippen LogP contribution >= 0.6 is 7.82 Å². The van der Waals surface area contributed by atoms with Crippen molar-refractivity contribution in [2.75, 3.05) is 0 Å². The number of allylic oxidation sites excluding steroid dienone is 1. The fourth-order valence-electron chi connectivity index (χ4n) is 2.35. The first-order valence-corrected chi connectivity index (χ1v) is 9.34. The van der Waals surface area contributed by atoms with Crippen molar-refractivity contribution < 1.29 is 18.1 Å². The van der Waals surface area contributed by atoms with Crippen LogP contribution in [0.2, 0.25) is 0 Å². The SMILES string of the molecule is C=CC(=C)OP(=O)(Oc1c(C)cccc1C)Oc1c(C)cccc1C. The Labute approximate surface area is 149 Å². The predicted molar refractivity (Wildman–Crippen MR) is 101 cm³/mol. The topological polar surface area (TPSA) is 44.8 Å². The molecule has 0 saturated heterocycles. The van der Waals surface area contributed by atoms with Crippen LogP contribution in [0.15, 0.2) is 61.4 Å². The Kier molecular flexibility index (Phi) is 5.76. The van der Waals surface area contributed by atoms with Gasteiger partial charge in [-0.15, -0.1) is 0 Å². The molecule has 0 bridgehead atoms. The maximum atomic E-state index is 13.4. The zero-order valence-electron chi connectivity index (χ0n) is 15.0. The summed E-state index contributed by atoms with van der Waals surface area (Å²) in [6.07, 6.45) is 1.36. The minimum atomic E-state index is -4.01. The number of hydrogen-bond donors (Lipinski definition) is 0. The van der Waals surface area contributed by atoms with E-state index in [-0.39, 0.29) is 5.76 Å². The van der Waals surface area contributed by atoms with Gasteiger partial charge in [-0.3, -0.25) is 0 Å². The lowest BCUT2D eigenvalue weighted by Crippen LogP contribution is -2.07. The second-order valence-corrected chi connectivity index (χ2v) is 7.28. The maximum Gasteiger partial charge on any atom is 0.647 e. The van der Waals surface area contributed by atoms with E-state index in [4.69, 9.17) is 13.6 Å². The molecule has 132 valence electrons. The van der Waals surface area contributed by atoms with E-state index < -0.39 is 7.82 Å². The van der Waals surface area contributed by atoms with Gasteiger partial charge in [0.2, 0.25) is 0 Å². The first-order valence-electron chi connectivity index (χ1n) is 7.88. The lowest BCUT2D eigenvalue weighted by atomic mass is 10.1. The van der Waals surface area contributed by atoms with Crippen molar-refractivity contribution in [2.45, 2.75) is 27.7 Å². The van der Waals surface area contributed by atoms with E-state index in [0.29, 0.717) is 11.5 Å². The van der Waals surface area contributed by atoms with Gasteiger partial charge in [-0.25, -0.2) is 0 Å². The molecule has 2 rings (SSSR count). The molecule has 5 heteroatoms. The van der Waals surface area contributed by atoms with Gasteiger partial charge in [-0.2, -0.15) is 4.57 Å². The van der Waals surface area contributed by atoms with E-state index in [1.165, 1.54) is 6.08 Å². The standard InChI is InChI=1S/C20H23O4P/c1-7-18(6)22-25(21,23-19-14(2)10-8-11-15(19)3)24-20-16(4)12-9-13-17(20)5/h7-13H,1,6H2,2-5H3. The largest absolute Gasteiger partial charge is 0.647 e. The molecule has 0 spiro atoms. The van der Waals surface area contributed by atoms with Crippen LogP contribution in [-0.4, -0.2) is 0 Å². The molecular formula is C20H23O4P. The van der Waals surface area contributed by atoms with Gasteiger partial charge in [0, 0.05) is 0 Å². The number of phosphoric ester groups is 1. The van der Waals surface area contributed by atoms with Crippen LogP contribution in [-0.2, 0) is 9.09 Å². The highest BCUT2D eigenvalue weighted by atomic mass is 31.2. The molecule has 0 heterocycles. The fourth-order valence-corrected chi connectivity index (χ4v) is 3.84. The third-order valence-corrected chi connectivity index (χ3v) is 4.95. The summed E-state index contributed by atoms with van der Waals surface area (Å²) >= 11 is 0. The van der Waals surface area contributed by atoms with Gasteiger partial charge >= 0.3 is 7.82 Å². The van der Waals surface area contributed by atoms with Gasteiger partial charge in [-0.1, -0.05) is 49.6 Å². The van der Waals surface area contributed by atoms with E-state index >= 15 is 0 Å². The number of benzene rings is 2. The molecule has 2 aromatic rings. The molecule has 0 fully saturated rings. The quantitative estimate of drug-likeness (QED) is 0.336. The Morgan fingerprint density at radius 2 is 1.24 bits per heavy atom. The third kappa shape index (κ3) is 4.55. The molecule has 0 radical (unpaired) electrons. The summed E-state index contributed by atoms with van der Waals surface area (Å²) in [7, 11) is -4.01.